The summed E-state index contributed by atoms with van der Waals surface area (Å²) in [6.07, 6.45) is 1.08. The number of benzene rings is 3. The van der Waals surface area contributed by atoms with E-state index < -0.39 is 17.6 Å². The van der Waals surface area contributed by atoms with E-state index in [1.807, 2.05) is 24.3 Å². The number of ketones is 1. The number of carbonyl (C=O) groups excluding carboxylic acids is 2. The summed E-state index contributed by atoms with van der Waals surface area (Å²) in [5, 5.41) is 5.73. The topological polar surface area (TPSA) is 96.5 Å². The predicted molar refractivity (Wildman–Crippen MR) is 162 cm³/mol. The van der Waals surface area contributed by atoms with Crippen molar-refractivity contribution in [3.63, 3.8) is 0 Å². The van der Waals surface area contributed by atoms with Gasteiger partial charge in [-0.3, -0.25) is 14.5 Å². The van der Waals surface area contributed by atoms with Crippen molar-refractivity contribution in [3.05, 3.63) is 107 Å². The lowest BCUT2D eigenvalue weighted by atomic mass is 9.99. The fourth-order valence-corrected chi connectivity index (χ4v) is 4.92. The van der Waals surface area contributed by atoms with Crippen LogP contribution in [0.5, 0.6) is 5.75 Å². The van der Waals surface area contributed by atoms with Crippen molar-refractivity contribution in [2.75, 3.05) is 36.9 Å². The molecule has 1 aliphatic rings. The molecular formula is C33H32F3N5O3. The third-order valence-electron chi connectivity index (χ3n) is 7.28. The molecule has 0 unspecified atom stereocenters. The third kappa shape index (κ3) is 8.19. The van der Waals surface area contributed by atoms with Crippen molar-refractivity contribution < 1.29 is 27.5 Å². The van der Waals surface area contributed by atoms with Gasteiger partial charge in [-0.1, -0.05) is 18.2 Å². The van der Waals surface area contributed by atoms with Crippen LogP contribution in [0, 0.1) is 6.92 Å². The Morgan fingerprint density at radius 3 is 2.43 bits per heavy atom. The monoisotopic (exact) mass is 603 g/mol. The molecule has 0 saturated carbocycles. The van der Waals surface area contributed by atoms with Crippen LogP contribution in [0.3, 0.4) is 0 Å². The van der Waals surface area contributed by atoms with E-state index in [9.17, 15) is 22.8 Å². The van der Waals surface area contributed by atoms with Gasteiger partial charge in [0.2, 0.25) is 5.95 Å². The second-order valence-corrected chi connectivity index (χ2v) is 10.6. The Hall–Kier alpha value is -4.77. The number of halogens is 3. The van der Waals surface area contributed by atoms with Crippen molar-refractivity contribution in [3.8, 4) is 5.75 Å². The molecule has 1 saturated heterocycles. The molecule has 2 N–H and O–H groups in total. The van der Waals surface area contributed by atoms with Gasteiger partial charge >= 0.3 is 6.18 Å². The largest absolute Gasteiger partial charge is 0.492 e. The SMILES string of the molecule is Cc1ccc(NC(=O)c2cccc(C(F)(F)F)c2)cc1C(=O)Cc1cnc(Nc2cccc(OCCN3CCCC3)c2)nc1. The Balaban J connectivity index is 1.17. The zero-order valence-corrected chi connectivity index (χ0v) is 24.2. The summed E-state index contributed by atoms with van der Waals surface area (Å²) in [5.41, 5.74) is 1.66. The number of aromatic nitrogens is 2. The number of hydrogen-bond donors (Lipinski definition) is 2. The highest BCUT2D eigenvalue weighted by atomic mass is 19.4. The normalized spacial score (nSPS) is 13.5. The van der Waals surface area contributed by atoms with Gasteiger partial charge < -0.3 is 15.4 Å². The molecule has 1 aliphatic heterocycles. The number of aryl methyl sites for hydroxylation is 1. The molecule has 1 fully saturated rings. The van der Waals surface area contributed by atoms with Crippen LogP contribution < -0.4 is 15.4 Å². The molecule has 8 nitrogen and oxygen atoms in total. The van der Waals surface area contributed by atoms with E-state index in [1.165, 1.54) is 31.0 Å². The number of carbonyl (C=O) groups is 2. The summed E-state index contributed by atoms with van der Waals surface area (Å²) in [7, 11) is 0. The fraction of sp³-hybridized carbons (Fsp3) is 0.273. The summed E-state index contributed by atoms with van der Waals surface area (Å²) in [4.78, 5) is 36.9. The van der Waals surface area contributed by atoms with E-state index in [2.05, 4.69) is 25.5 Å². The molecule has 1 aromatic heterocycles. The van der Waals surface area contributed by atoms with Crippen LogP contribution in [0.4, 0.5) is 30.5 Å². The molecule has 0 radical (unpaired) electrons. The first kappa shape index (κ1) is 30.7. The number of nitrogens with one attached hydrogen (secondary N) is 2. The van der Waals surface area contributed by atoms with Crippen molar-refractivity contribution in [2.24, 2.45) is 0 Å². The number of hydrogen-bond acceptors (Lipinski definition) is 7. The van der Waals surface area contributed by atoms with Gasteiger partial charge in [-0.25, -0.2) is 9.97 Å². The molecule has 0 spiro atoms. The summed E-state index contributed by atoms with van der Waals surface area (Å²) in [5.74, 6) is 0.181. The maximum absolute atomic E-state index is 13.2. The highest BCUT2D eigenvalue weighted by Crippen LogP contribution is 2.30. The average molecular weight is 604 g/mol. The lowest BCUT2D eigenvalue weighted by Crippen LogP contribution is -2.25. The summed E-state index contributed by atoms with van der Waals surface area (Å²) in [6.45, 7) is 5.53. The Morgan fingerprint density at radius 1 is 0.932 bits per heavy atom. The van der Waals surface area contributed by atoms with Crippen molar-refractivity contribution >= 4 is 29.0 Å². The van der Waals surface area contributed by atoms with Crippen LogP contribution in [0.15, 0.2) is 79.1 Å². The van der Waals surface area contributed by atoms with E-state index in [0.29, 0.717) is 34.9 Å². The molecule has 2 heterocycles. The van der Waals surface area contributed by atoms with Crippen molar-refractivity contribution in [1.29, 1.82) is 0 Å². The predicted octanol–water partition coefficient (Wildman–Crippen LogP) is 6.70. The molecule has 0 atom stereocenters. The van der Waals surface area contributed by atoms with Crippen LogP contribution in [0.1, 0.15) is 50.2 Å². The number of amides is 1. The van der Waals surface area contributed by atoms with E-state index in [0.717, 1.165) is 43.2 Å². The van der Waals surface area contributed by atoms with Gasteiger partial charge in [0.25, 0.3) is 5.91 Å². The lowest BCUT2D eigenvalue weighted by Gasteiger charge is -2.15. The standard InChI is InChI=1S/C33H32F3N5O3/c1-22-10-11-27(39-31(43)24-6-4-7-25(17-24)33(34,35)36)19-29(22)30(42)16-23-20-37-32(38-21-23)40-26-8-5-9-28(18-26)44-15-14-41-12-2-3-13-41/h4-11,17-21H,2-3,12-16H2,1H3,(H,39,43)(H,37,38,40). The van der Waals surface area contributed by atoms with E-state index in [1.54, 1.807) is 31.5 Å². The number of ether oxygens (including phenoxy) is 1. The minimum absolute atomic E-state index is 0.0203. The molecular weight excluding hydrogens is 571 g/mol. The molecule has 44 heavy (non-hydrogen) atoms. The molecule has 0 bridgehead atoms. The Labute approximate surface area is 253 Å². The van der Waals surface area contributed by atoms with Gasteiger partial charge in [0.05, 0.1) is 5.56 Å². The molecule has 11 heteroatoms. The van der Waals surface area contributed by atoms with Gasteiger partial charge in [-0.15, -0.1) is 0 Å². The second-order valence-electron chi connectivity index (χ2n) is 10.6. The zero-order valence-electron chi connectivity index (χ0n) is 24.2. The third-order valence-corrected chi connectivity index (χ3v) is 7.28. The first-order valence-corrected chi connectivity index (χ1v) is 14.3. The van der Waals surface area contributed by atoms with Crippen LogP contribution in [-0.2, 0) is 12.6 Å². The summed E-state index contributed by atoms with van der Waals surface area (Å²) < 4.78 is 45.1. The minimum atomic E-state index is -4.57. The highest BCUT2D eigenvalue weighted by molar-refractivity contribution is 6.06. The van der Waals surface area contributed by atoms with Crippen LogP contribution in [0.25, 0.3) is 0 Å². The molecule has 0 aliphatic carbocycles. The maximum Gasteiger partial charge on any atom is 0.416 e. The first-order valence-electron chi connectivity index (χ1n) is 14.3. The van der Waals surface area contributed by atoms with Gasteiger partial charge in [0, 0.05) is 53.9 Å². The van der Waals surface area contributed by atoms with Crippen LogP contribution in [-0.4, -0.2) is 52.8 Å². The van der Waals surface area contributed by atoms with Crippen LogP contribution in [0.2, 0.25) is 0 Å². The molecule has 3 aromatic carbocycles. The Morgan fingerprint density at radius 2 is 1.68 bits per heavy atom. The maximum atomic E-state index is 13.2. The Bertz CT molecular complexity index is 1620. The smallest absolute Gasteiger partial charge is 0.416 e. The van der Waals surface area contributed by atoms with Gasteiger partial charge in [-0.2, -0.15) is 13.2 Å². The number of anilines is 3. The van der Waals surface area contributed by atoms with Crippen LogP contribution >= 0.6 is 0 Å². The number of rotatable bonds is 11. The highest BCUT2D eigenvalue weighted by Gasteiger charge is 2.31. The minimum Gasteiger partial charge on any atom is -0.492 e. The van der Waals surface area contributed by atoms with Gasteiger partial charge in [0.1, 0.15) is 12.4 Å². The first-order chi connectivity index (χ1) is 21.1. The second kappa shape index (κ2) is 13.7. The zero-order chi connectivity index (χ0) is 31.1. The Kier molecular flexibility index (Phi) is 9.54. The number of likely N-dealkylation sites (tertiary alicyclic amines) is 1. The number of alkyl halides is 3. The van der Waals surface area contributed by atoms with Gasteiger partial charge in [-0.05, 0) is 86.4 Å². The summed E-state index contributed by atoms with van der Waals surface area (Å²) >= 11 is 0. The number of Topliss-reactive ketones (excluding diaryl/α,β-unsaturated/α-hetero) is 1. The molecule has 4 aromatic rings. The fourth-order valence-electron chi connectivity index (χ4n) is 4.92. The number of nitrogens with zero attached hydrogens (tertiary/aromatic N) is 3. The van der Waals surface area contributed by atoms with E-state index in [4.69, 9.17) is 4.74 Å². The molecule has 228 valence electrons. The van der Waals surface area contributed by atoms with Crippen molar-refractivity contribution in [1.82, 2.24) is 14.9 Å². The molecule has 5 rings (SSSR count). The van der Waals surface area contributed by atoms with E-state index >= 15 is 0 Å². The lowest BCUT2D eigenvalue weighted by molar-refractivity contribution is -0.137. The van der Waals surface area contributed by atoms with Gasteiger partial charge in [0.15, 0.2) is 5.78 Å². The van der Waals surface area contributed by atoms with Crippen molar-refractivity contribution in [2.45, 2.75) is 32.4 Å². The van der Waals surface area contributed by atoms with E-state index in [-0.39, 0.29) is 17.8 Å². The quantitative estimate of drug-likeness (QED) is 0.184. The summed E-state index contributed by atoms with van der Waals surface area (Å²) in [6, 6.07) is 16.5. The average Bonchev–Trinajstić information content (AvgIpc) is 3.52. The molecule has 1 amide bonds.